The van der Waals surface area contributed by atoms with Crippen molar-refractivity contribution in [1.29, 1.82) is 0 Å². The summed E-state index contributed by atoms with van der Waals surface area (Å²) < 4.78 is 26.8. The number of anilines is 1. The molecular formula is C16H16ClNO4S. The second-order valence-electron chi connectivity index (χ2n) is 5.21. The topological polar surface area (TPSA) is 74.7 Å². The molecule has 0 aliphatic rings. The number of carboxylic acids is 1. The molecule has 0 fully saturated rings. The lowest BCUT2D eigenvalue weighted by molar-refractivity contribution is 0.0696. The highest BCUT2D eigenvalue weighted by Crippen LogP contribution is 2.30. The van der Waals surface area contributed by atoms with Crippen LogP contribution in [0, 0.1) is 13.8 Å². The summed E-state index contributed by atoms with van der Waals surface area (Å²) in [6.07, 6.45) is 0. The van der Waals surface area contributed by atoms with Gasteiger partial charge in [-0.15, -0.1) is 0 Å². The van der Waals surface area contributed by atoms with Crippen LogP contribution in [0.25, 0.3) is 0 Å². The first-order valence-corrected chi connectivity index (χ1v) is 8.55. The molecule has 0 amide bonds. The molecule has 2 rings (SSSR count). The Kier molecular flexibility index (Phi) is 4.68. The Hall–Kier alpha value is -2.05. The minimum atomic E-state index is -3.98. The van der Waals surface area contributed by atoms with E-state index in [9.17, 15) is 13.2 Å². The van der Waals surface area contributed by atoms with E-state index in [4.69, 9.17) is 16.7 Å². The van der Waals surface area contributed by atoms with Gasteiger partial charge in [0.2, 0.25) is 0 Å². The van der Waals surface area contributed by atoms with Gasteiger partial charge in [-0.05, 0) is 49.2 Å². The molecule has 0 aromatic heterocycles. The molecule has 0 aliphatic carbocycles. The number of carboxylic acid groups (broad SMARTS) is 1. The molecule has 2 aromatic rings. The molecular weight excluding hydrogens is 338 g/mol. The number of nitrogens with zero attached hydrogens (tertiary/aromatic N) is 1. The molecule has 122 valence electrons. The number of rotatable bonds is 4. The van der Waals surface area contributed by atoms with Crippen LogP contribution in [-0.2, 0) is 10.0 Å². The van der Waals surface area contributed by atoms with Gasteiger partial charge in [-0.1, -0.05) is 23.7 Å². The average molecular weight is 354 g/mol. The van der Waals surface area contributed by atoms with Crippen molar-refractivity contribution >= 4 is 33.3 Å². The zero-order valence-electron chi connectivity index (χ0n) is 12.9. The maximum absolute atomic E-state index is 12.8. The molecule has 0 aliphatic heterocycles. The SMILES string of the molecule is Cc1ccc(C)c(N(C)S(=O)(=O)c2cc(C(=O)O)ccc2Cl)c1. The number of sulfonamides is 1. The van der Waals surface area contributed by atoms with Crippen molar-refractivity contribution in [2.45, 2.75) is 18.7 Å². The number of aryl methyl sites for hydroxylation is 2. The molecule has 0 unspecified atom stereocenters. The van der Waals surface area contributed by atoms with E-state index in [-0.39, 0.29) is 15.5 Å². The molecule has 7 heteroatoms. The monoisotopic (exact) mass is 353 g/mol. The smallest absolute Gasteiger partial charge is 0.335 e. The number of hydrogen-bond donors (Lipinski definition) is 1. The average Bonchev–Trinajstić information content (AvgIpc) is 2.49. The van der Waals surface area contributed by atoms with Gasteiger partial charge in [0.1, 0.15) is 4.90 Å². The number of aromatic carboxylic acids is 1. The molecule has 0 heterocycles. The summed E-state index contributed by atoms with van der Waals surface area (Å²) in [7, 11) is -2.56. The Labute approximate surface area is 140 Å². The van der Waals surface area contributed by atoms with Crippen LogP contribution < -0.4 is 4.31 Å². The summed E-state index contributed by atoms with van der Waals surface area (Å²) in [5.74, 6) is -1.22. The third kappa shape index (κ3) is 3.33. The molecule has 0 saturated carbocycles. The van der Waals surface area contributed by atoms with E-state index < -0.39 is 16.0 Å². The Morgan fingerprint density at radius 1 is 1.13 bits per heavy atom. The molecule has 5 nitrogen and oxygen atoms in total. The van der Waals surface area contributed by atoms with E-state index in [0.717, 1.165) is 21.5 Å². The molecule has 0 saturated heterocycles. The van der Waals surface area contributed by atoms with Crippen LogP contribution in [0.1, 0.15) is 21.5 Å². The molecule has 0 bridgehead atoms. The zero-order chi connectivity index (χ0) is 17.4. The highest BCUT2D eigenvalue weighted by Gasteiger charge is 2.26. The number of carbonyl (C=O) groups is 1. The van der Waals surface area contributed by atoms with E-state index >= 15 is 0 Å². The standard InChI is InChI=1S/C16H16ClNO4S/c1-10-4-5-11(2)14(8-10)18(3)23(21,22)15-9-12(16(19)20)6-7-13(15)17/h4-9H,1-3H3,(H,19,20). The molecule has 0 atom stereocenters. The molecule has 0 spiro atoms. The predicted molar refractivity (Wildman–Crippen MR) is 89.9 cm³/mol. The zero-order valence-corrected chi connectivity index (χ0v) is 14.4. The van der Waals surface area contributed by atoms with Gasteiger partial charge in [0.15, 0.2) is 0 Å². The summed E-state index contributed by atoms with van der Waals surface area (Å²) in [5.41, 5.74) is 2.08. The third-order valence-electron chi connectivity index (χ3n) is 3.52. The number of halogens is 1. The Bertz CT molecular complexity index is 878. The van der Waals surface area contributed by atoms with Crippen LogP contribution in [0.3, 0.4) is 0 Å². The van der Waals surface area contributed by atoms with E-state index in [0.29, 0.717) is 5.69 Å². The van der Waals surface area contributed by atoms with Crippen LogP contribution in [0.2, 0.25) is 5.02 Å². The first kappa shape index (κ1) is 17.3. The first-order valence-electron chi connectivity index (χ1n) is 6.73. The van der Waals surface area contributed by atoms with Gasteiger partial charge in [-0.25, -0.2) is 13.2 Å². The van der Waals surface area contributed by atoms with Crippen LogP contribution >= 0.6 is 11.6 Å². The minimum absolute atomic E-state index is 0.0212. The summed E-state index contributed by atoms with van der Waals surface area (Å²) in [5, 5.41) is 9.03. The maximum Gasteiger partial charge on any atom is 0.335 e. The molecule has 0 radical (unpaired) electrons. The van der Waals surface area contributed by atoms with Crippen molar-refractivity contribution in [2.75, 3.05) is 11.4 Å². The summed E-state index contributed by atoms with van der Waals surface area (Å²) in [6, 6.07) is 9.07. The van der Waals surface area contributed by atoms with Crippen molar-refractivity contribution in [1.82, 2.24) is 0 Å². The molecule has 2 aromatic carbocycles. The first-order chi connectivity index (χ1) is 10.6. The van der Waals surface area contributed by atoms with E-state index in [1.165, 1.54) is 19.2 Å². The highest BCUT2D eigenvalue weighted by molar-refractivity contribution is 7.93. The van der Waals surface area contributed by atoms with Crippen LogP contribution in [0.15, 0.2) is 41.3 Å². The van der Waals surface area contributed by atoms with Crippen LogP contribution in [-0.4, -0.2) is 26.5 Å². The van der Waals surface area contributed by atoms with Crippen molar-refractivity contribution in [3.05, 3.63) is 58.1 Å². The van der Waals surface area contributed by atoms with Gasteiger partial charge in [-0.2, -0.15) is 0 Å². The van der Waals surface area contributed by atoms with E-state index in [1.54, 1.807) is 13.0 Å². The lowest BCUT2D eigenvalue weighted by atomic mass is 10.1. The largest absolute Gasteiger partial charge is 0.478 e. The van der Waals surface area contributed by atoms with Gasteiger partial charge in [0.25, 0.3) is 10.0 Å². The number of benzene rings is 2. The normalized spacial score (nSPS) is 11.3. The van der Waals surface area contributed by atoms with Crippen molar-refractivity contribution < 1.29 is 18.3 Å². The summed E-state index contributed by atoms with van der Waals surface area (Å²) in [4.78, 5) is 10.8. The molecule has 1 N–H and O–H groups in total. The van der Waals surface area contributed by atoms with Crippen molar-refractivity contribution in [2.24, 2.45) is 0 Å². The number of hydrogen-bond acceptors (Lipinski definition) is 3. The van der Waals surface area contributed by atoms with Crippen molar-refractivity contribution in [3.63, 3.8) is 0 Å². The van der Waals surface area contributed by atoms with Gasteiger partial charge in [0.05, 0.1) is 16.3 Å². The lowest BCUT2D eigenvalue weighted by Gasteiger charge is -2.22. The third-order valence-corrected chi connectivity index (χ3v) is 5.77. The van der Waals surface area contributed by atoms with Crippen molar-refractivity contribution in [3.8, 4) is 0 Å². The second kappa shape index (κ2) is 6.22. The van der Waals surface area contributed by atoms with Gasteiger partial charge < -0.3 is 5.11 Å². The lowest BCUT2D eigenvalue weighted by Crippen LogP contribution is -2.27. The highest BCUT2D eigenvalue weighted by atomic mass is 35.5. The fourth-order valence-corrected chi connectivity index (χ4v) is 3.92. The van der Waals surface area contributed by atoms with Gasteiger partial charge >= 0.3 is 5.97 Å². The molecule has 23 heavy (non-hydrogen) atoms. The minimum Gasteiger partial charge on any atom is -0.478 e. The van der Waals surface area contributed by atoms with Gasteiger partial charge in [-0.3, -0.25) is 4.31 Å². The Balaban J connectivity index is 2.60. The Morgan fingerprint density at radius 2 is 1.78 bits per heavy atom. The van der Waals surface area contributed by atoms with Gasteiger partial charge in [0, 0.05) is 7.05 Å². The fraction of sp³-hybridized carbons (Fsp3) is 0.188. The quantitative estimate of drug-likeness (QED) is 0.913. The summed E-state index contributed by atoms with van der Waals surface area (Å²) in [6.45, 7) is 3.66. The van der Waals surface area contributed by atoms with E-state index in [1.807, 2.05) is 19.1 Å². The fourth-order valence-electron chi connectivity index (χ4n) is 2.17. The van der Waals surface area contributed by atoms with E-state index in [2.05, 4.69) is 0 Å². The summed E-state index contributed by atoms with van der Waals surface area (Å²) >= 11 is 5.99. The van der Waals surface area contributed by atoms with Crippen LogP contribution in [0.5, 0.6) is 0 Å². The Morgan fingerprint density at radius 3 is 2.39 bits per heavy atom. The predicted octanol–water partition coefficient (Wildman–Crippen LogP) is 3.48. The maximum atomic E-state index is 12.8. The second-order valence-corrected chi connectivity index (χ2v) is 7.56. The van der Waals surface area contributed by atoms with Crippen LogP contribution in [0.4, 0.5) is 5.69 Å².